The average Bonchev–Trinajstić information content (AvgIpc) is 2.71. The van der Waals surface area contributed by atoms with Gasteiger partial charge < -0.3 is 19.7 Å². The lowest BCUT2D eigenvalue weighted by Crippen LogP contribution is -3.11. The van der Waals surface area contributed by atoms with E-state index in [2.05, 4.69) is 19.2 Å². The van der Waals surface area contributed by atoms with Gasteiger partial charge >= 0.3 is 5.97 Å². The zero-order valence-corrected chi connectivity index (χ0v) is 17.8. The van der Waals surface area contributed by atoms with Gasteiger partial charge in [-0.15, -0.1) is 0 Å². The molecule has 0 aliphatic heterocycles. The van der Waals surface area contributed by atoms with Crippen LogP contribution in [0.15, 0.2) is 48.5 Å². The molecule has 0 aromatic heterocycles. The Hall–Kier alpha value is -2.57. The first kappa shape index (κ1) is 22.7. The van der Waals surface area contributed by atoms with Crippen molar-refractivity contribution < 1.29 is 24.0 Å². The summed E-state index contributed by atoms with van der Waals surface area (Å²) in [5, 5.41) is 3.30. The second kappa shape index (κ2) is 11.4. The molecule has 0 aliphatic carbocycles. The van der Waals surface area contributed by atoms with E-state index in [0.717, 1.165) is 19.6 Å². The highest BCUT2D eigenvalue weighted by molar-refractivity contribution is 6.30. The summed E-state index contributed by atoms with van der Waals surface area (Å²) < 4.78 is 10.9. The molecule has 0 saturated carbocycles. The van der Waals surface area contributed by atoms with E-state index in [9.17, 15) is 9.59 Å². The lowest BCUT2D eigenvalue weighted by atomic mass is 10.2. The number of amides is 1. The SMILES string of the molecule is CC[NH+](CC)CCOC(=O)c1ccc(NC(=O)[C@H](C)Oc2cccc(Cl)c2)cc1. The third kappa shape index (κ3) is 7.40. The Balaban J connectivity index is 1.84. The van der Waals surface area contributed by atoms with Crippen LogP contribution in [0.1, 0.15) is 31.1 Å². The molecule has 0 aliphatic rings. The Morgan fingerprint density at radius 3 is 2.41 bits per heavy atom. The fourth-order valence-electron chi connectivity index (χ4n) is 2.71. The molecule has 0 saturated heterocycles. The number of ether oxygens (including phenoxy) is 2. The molecule has 0 spiro atoms. The van der Waals surface area contributed by atoms with Crippen LogP contribution in [0, 0.1) is 0 Å². The number of hydrogen-bond donors (Lipinski definition) is 2. The standard InChI is InChI=1S/C22H27ClN2O4/c1-4-25(5-2)13-14-28-22(27)17-9-11-19(12-10-17)24-21(26)16(3)29-20-8-6-7-18(23)15-20/h6-12,15-16H,4-5,13-14H2,1-3H3,(H,24,26)/p+1/t16-/m0/s1. The first-order valence-electron chi connectivity index (χ1n) is 9.76. The number of carbonyl (C=O) groups excluding carboxylic acids is 2. The Morgan fingerprint density at radius 1 is 1.10 bits per heavy atom. The second-order valence-electron chi connectivity index (χ2n) is 6.63. The van der Waals surface area contributed by atoms with Crippen molar-refractivity contribution in [3.8, 4) is 5.75 Å². The van der Waals surface area contributed by atoms with E-state index >= 15 is 0 Å². The van der Waals surface area contributed by atoms with Crippen molar-refractivity contribution in [2.45, 2.75) is 26.9 Å². The molecule has 1 atom stereocenters. The van der Waals surface area contributed by atoms with E-state index in [1.807, 2.05) is 0 Å². The highest BCUT2D eigenvalue weighted by atomic mass is 35.5. The molecule has 1 amide bonds. The average molecular weight is 420 g/mol. The Labute approximate surface area is 176 Å². The molecule has 2 aromatic rings. The fraction of sp³-hybridized carbons (Fsp3) is 0.364. The molecular weight excluding hydrogens is 392 g/mol. The van der Waals surface area contributed by atoms with Crippen LogP contribution in [0.3, 0.4) is 0 Å². The summed E-state index contributed by atoms with van der Waals surface area (Å²) in [5.74, 6) is -0.153. The molecular formula is C22H28ClN2O4+. The minimum absolute atomic E-state index is 0.303. The van der Waals surface area contributed by atoms with E-state index in [0.29, 0.717) is 28.6 Å². The first-order chi connectivity index (χ1) is 13.9. The maximum atomic E-state index is 12.3. The number of halogens is 1. The third-order valence-electron chi connectivity index (χ3n) is 4.56. The van der Waals surface area contributed by atoms with Crippen molar-refractivity contribution in [2.24, 2.45) is 0 Å². The smallest absolute Gasteiger partial charge is 0.338 e. The number of quaternary nitrogens is 1. The highest BCUT2D eigenvalue weighted by Crippen LogP contribution is 2.19. The second-order valence-corrected chi connectivity index (χ2v) is 7.06. The number of nitrogens with one attached hydrogen (secondary N) is 2. The van der Waals surface area contributed by atoms with Crippen molar-refractivity contribution in [3.05, 3.63) is 59.1 Å². The minimum Gasteiger partial charge on any atom is -0.481 e. The van der Waals surface area contributed by atoms with Gasteiger partial charge in [0.05, 0.1) is 18.7 Å². The summed E-state index contributed by atoms with van der Waals surface area (Å²) >= 11 is 5.92. The van der Waals surface area contributed by atoms with E-state index in [1.54, 1.807) is 55.5 Å². The van der Waals surface area contributed by atoms with Crippen molar-refractivity contribution >= 4 is 29.2 Å². The van der Waals surface area contributed by atoms with Crippen LogP contribution in [0.2, 0.25) is 5.02 Å². The molecule has 156 valence electrons. The number of carbonyl (C=O) groups is 2. The van der Waals surface area contributed by atoms with Gasteiger partial charge in [-0.05, 0) is 63.2 Å². The van der Waals surface area contributed by atoms with E-state index in [4.69, 9.17) is 21.1 Å². The molecule has 0 unspecified atom stereocenters. The van der Waals surface area contributed by atoms with Crippen LogP contribution in [0.25, 0.3) is 0 Å². The number of likely N-dealkylation sites (N-methyl/N-ethyl adjacent to an activating group) is 1. The lowest BCUT2D eigenvalue weighted by molar-refractivity contribution is -0.896. The van der Waals surface area contributed by atoms with E-state index < -0.39 is 6.10 Å². The van der Waals surface area contributed by atoms with Crippen LogP contribution in [0.5, 0.6) is 5.75 Å². The molecule has 0 radical (unpaired) electrons. The van der Waals surface area contributed by atoms with Crippen LogP contribution >= 0.6 is 11.6 Å². The van der Waals surface area contributed by atoms with Gasteiger partial charge in [-0.3, -0.25) is 4.79 Å². The van der Waals surface area contributed by atoms with Gasteiger partial charge in [0.2, 0.25) is 0 Å². The van der Waals surface area contributed by atoms with Crippen LogP contribution in [-0.2, 0) is 9.53 Å². The zero-order valence-electron chi connectivity index (χ0n) is 17.0. The zero-order chi connectivity index (χ0) is 21.2. The first-order valence-corrected chi connectivity index (χ1v) is 10.1. The molecule has 7 heteroatoms. The van der Waals surface area contributed by atoms with Gasteiger partial charge in [-0.1, -0.05) is 17.7 Å². The molecule has 0 bridgehead atoms. The summed E-state index contributed by atoms with van der Waals surface area (Å²) in [6.45, 7) is 9.04. The molecule has 0 fully saturated rings. The van der Waals surface area contributed by atoms with Gasteiger partial charge in [0.25, 0.3) is 5.91 Å². The monoisotopic (exact) mass is 419 g/mol. The number of anilines is 1. The van der Waals surface area contributed by atoms with Gasteiger partial charge in [0, 0.05) is 10.7 Å². The predicted octanol–water partition coefficient (Wildman–Crippen LogP) is 2.83. The van der Waals surface area contributed by atoms with Gasteiger partial charge in [0.1, 0.15) is 18.9 Å². The summed E-state index contributed by atoms with van der Waals surface area (Å²) in [4.78, 5) is 25.8. The van der Waals surface area contributed by atoms with Gasteiger partial charge in [-0.25, -0.2) is 4.79 Å². The maximum absolute atomic E-state index is 12.3. The molecule has 2 rings (SSSR count). The van der Waals surface area contributed by atoms with Crippen LogP contribution in [0.4, 0.5) is 5.69 Å². The predicted molar refractivity (Wildman–Crippen MR) is 114 cm³/mol. The molecule has 6 nitrogen and oxygen atoms in total. The van der Waals surface area contributed by atoms with Gasteiger partial charge in [-0.2, -0.15) is 0 Å². The number of rotatable bonds is 10. The number of esters is 1. The number of benzene rings is 2. The van der Waals surface area contributed by atoms with Crippen LogP contribution in [-0.4, -0.2) is 44.2 Å². The van der Waals surface area contributed by atoms with Gasteiger partial charge in [0.15, 0.2) is 6.10 Å². The van der Waals surface area contributed by atoms with E-state index in [1.165, 1.54) is 4.90 Å². The molecule has 2 N–H and O–H groups in total. The summed E-state index contributed by atoms with van der Waals surface area (Å²) in [7, 11) is 0. The Morgan fingerprint density at radius 2 is 1.79 bits per heavy atom. The molecule has 0 heterocycles. The molecule has 29 heavy (non-hydrogen) atoms. The minimum atomic E-state index is -0.708. The third-order valence-corrected chi connectivity index (χ3v) is 4.79. The molecule has 2 aromatic carbocycles. The summed E-state index contributed by atoms with van der Waals surface area (Å²) in [6.07, 6.45) is -0.708. The maximum Gasteiger partial charge on any atom is 0.338 e. The van der Waals surface area contributed by atoms with E-state index in [-0.39, 0.29) is 11.9 Å². The van der Waals surface area contributed by atoms with Crippen molar-refractivity contribution in [1.82, 2.24) is 0 Å². The van der Waals surface area contributed by atoms with Crippen molar-refractivity contribution in [3.63, 3.8) is 0 Å². The van der Waals surface area contributed by atoms with Crippen molar-refractivity contribution in [2.75, 3.05) is 31.6 Å². The Kier molecular flexibility index (Phi) is 8.96. The highest BCUT2D eigenvalue weighted by Gasteiger charge is 2.16. The normalized spacial score (nSPS) is 11.8. The quantitative estimate of drug-likeness (QED) is 0.581. The number of hydrogen-bond acceptors (Lipinski definition) is 4. The van der Waals surface area contributed by atoms with Crippen LogP contribution < -0.4 is 15.0 Å². The van der Waals surface area contributed by atoms with Crippen molar-refractivity contribution in [1.29, 1.82) is 0 Å². The Bertz CT molecular complexity index is 807. The topological polar surface area (TPSA) is 69.1 Å². The fourth-order valence-corrected chi connectivity index (χ4v) is 2.89. The lowest BCUT2D eigenvalue weighted by Gasteiger charge is -2.15. The largest absolute Gasteiger partial charge is 0.481 e. The summed E-state index contributed by atoms with van der Waals surface area (Å²) in [6, 6.07) is 13.5. The summed E-state index contributed by atoms with van der Waals surface area (Å²) in [5.41, 5.74) is 1.02.